The first-order valence-corrected chi connectivity index (χ1v) is 31.2. The second-order valence-electron chi connectivity index (χ2n) is 25.8. The molecule has 14 nitrogen and oxygen atoms in total. The molecule has 4 aromatic rings. The van der Waals surface area contributed by atoms with Gasteiger partial charge in [0.15, 0.2) is 0 Å². The number of nitrogens with zero attached hydrogens (tertiary/aromatic N) is 4. The molecule has 4 aromatic carbocycles. The summed E-state index contributed by atoms with van der Waals surface area (Å²) in [5, 5.41) is 0. The molecule has 0 saturated carbocycles. The van der Waals surface area contributed by atoms with Crippen LogP contribution in [0.2, 0.25) is 0 Å². The lowest BCUT2D eigenvalue weighted by molar-refractivity contribution is -0.917. The molecule has 0 bridgehead atoms. The third kappa shape index (κ3) is 28.2. The number of likely N-dealkylation sites (tertiary alicyclic amines) is 1. The maximum absolute atomic E-state index is 5.98. The van der Waals surface area contributed by atoms with Crippen molar-refractivity contribution in [1.82, 2.24) is 0 Å². The van der Waals surface area contributed by atoms with E-state index in [4.69, 9.17) is 55.3 Å². The van der Waals surface area contributed by atoms with Crippen molar-refractivity contribution in [3.63, 3.8) is 0 Å². The second-order valence-corrected chi connectivity index (χ2v) is 25.8. The number of benzene rings is 4. The molecule has 0 unspecified atom stereocenters. The Bertz CT molecular complexity index is 2230. The fourth-order valence-electron chi connectivity index (χ4n) is 11.4. The van der Waals surface area contributed by atoms with Gasteiger partial charge in [-0.15, -0.1) is 0 Å². The van der Waals surface area contributed by atoms with E-state index < -0.39 is 0 Å². The van der Waals surface area contributed by atoms with Crippen LogP contribution < -0.4 is 45.9 Å². The zero-order chi connectivity index (χ0) is 58.3. The van der Waals surface area contributed by atoms with E-state index in [1.807, 2.05) is 72.8 Å². The molecule has 3 heterocycles. The van der Waals surface area contributed by atoms with Crippen LogP contribution in [0.3, 0.4) is 0 Å². The average molecular weight is 1110 g/mol. The van der Waals surface area contributed by atoms with E-state index in [2.05, 4.69) is 42.3 Å². The quantitative estimate of drug-likeness (QED) is 0.0152. The molecule has 0 spiro atoms. The summed E-state index contributed by atoms with van der Waals surface area (Å²) >= 11 is 0. The number of quaternary nitrogens is 4. The molecule has 3 aliphatic rings. The highest BCUT2D eigenvalue weighted by Gasteiger charge is 2.27. The first kappa shape index (κ1) is 67.5. The van der Waals surface area contributed by atoms with Gasteiger partial charge in [0.25, 0.3) is 0 Å². The van der Waals surface area contributed by atoms with Gasteiger partial charge in [0.2, 0.25) is 0 Å². The van der Waals surface area contributed by atoms with Crippen LogP contribution in [-0.2, 0) is 35.2 Å². The highest BCUT2D eigenvalue weighted by Crippen LogP contribution is 2.24. The van der Waals surface area contributed by atoms with Crippen LogP contribution in [0.4, 0.5) is 45.5 Å². The van der Waals surface area contributed by atoms with Crippen molar-refractivity contribution < 1.29 is 27.4 Å². The lowest BCUT2D eigenvalue weighted by Crippen LogP contribution is -2.52. The number of rotatable bonds is 28. The molecule has 450 valence electrons. The number of aryl methyl sites for hydroxylation is 4. The lowest BCUT2D eigenvalue weighted by atomic mass is 10.0. The van der Waals surface area contributed by atoms with Crippen molar-refractivity contribution in [2.45, 2.75) is 141 Å². The highest BCUT2D eigenvalue weighted by molar-refractivity contribution is 5.57. The van der Waals surface area contributed by atoms with Crippen molar-refractivity contribution in [3.8, 4) is 0 Å². The molecule has 0 amide bonds. The Kier molecular flexibility index (Phi) is 30.2. The highest BCUT2D eigenvalue weighted by atomic mass is 16.5. The van der Waals surface area contributed by atoms with Crippen molar-refractivity contribution in [3.05, 3.63) is 95.1 Å². The Balaban J connectivity index is 0.000000230. The molecule has 3 saturated heterocycles. The Hall–Kier alpha value is -4.96. The largest absolute Gasteiger partial charge is 0.399 e. The van der Waals surface area contributed by atoms with Crippen molar-refractivity contribution in [2.24, 2.45) is 0 Å². The summed E-state index contributed by atoms with van der Waals surface area (Å²) in [6, 6.07) is 23.2. The fourth-order valence-corrected chi connectivity index (χ4v) is 11.4. The van der Waals surface area contributed by atoms with Gasteiger partial charge in [0.1, 0.15) is 26.2 Å². The van der Waals surface area contributed by atoms with Crippen molar-refractivity contribution in [2.75, 3.05) is 180 Å². The van der Waals surface area contributed by atoms with Gasteiger partial charge < -0.3 is 73.3 Å². The van der Waals surface area contributed by atoms with Gasteiger partial charge in [0, 0.05) is 58.3 Å². The molecule has 3 fully saturated rings. The van der Waals surface area contributed by atoms with Gasteiger partial charge in [0.05, 0.1) is 108 Å². The molecule has 16 N–H and O–H groups in total. The molecule has 7 rings (SSSR count). The number of ether oxygens (including phenoxy) is 2. The Morgan fingerprint density at radius 3 is 0.863 bits per heavy atom. The lowest BCUT2D eigenvalue weighted by Gasteiger charge is -2.37. The molecule has 0 aromatic heterocycles. The summed E-state index contributed by atoms with van der Waals surface area (Å²) in [6.07, 6.45) is 27.5. The fraction of sp³-hybridized carbons (Fsp3) is 0.636. The van der Waals surface area contributed by atoms with E-state index in [1.165, 1.54) is 217 Å². The zero-order valence-corrected chi connectivity index (χ0v) is 51.6. The number of nitrogens with two attached hydrogens (primary N) is 8. The molecule has 80 heavy (non-hydrogen) atoms. The number of morpholine rings is 2. The number of hydrogen-bond acceptors (Lipinski definition) is 10. The van der Waals surface area contributed by atoms with Crippen LogP contribution >= 0.6 is 0 Å². The molecule has 14 heteroatoms. The third-order valence-electron chi connectivity index (χ3n) is 17.1. The van der Waals surface area contributed by atoms with Crippen LogP contribution in [-0.4, -0.2) is 152 Å². The summed E-state index contributed by atoms with van der Waals surface area (Å²) < 4.78 is 15.6. The number of anilines is 8. The van der Waals surface area contributed by atoms with E-state index in [9.17, 15) is 0 Å². The number of unbranched alkanes of at least 4 members (excludes halogenated alkanes) is 12. The summed E-state index contributed by atoms with van der Waals surface area (Å²) in [4.78, 5) is 0. The standard InChI is InChI=1S/2C17H30N3O.C17H30N3.C15H28N3/c2*1-20(10-12-21-13-11-20)9-5-3-2-4-6-15-14-16(18)7-8-17(15)19;1-20(12-6-7-13-20)11-5-3-2-4-8-15-14-16(18)9-10-17(15)19;1-18(2,3)11-7-5-4-6-8-13-12-14(16)9-10-15(13)17/h2*7-8,14H,2-6,9-13,18-19H2,1H3;9-10,14H,2-8,11-13,18-19H2,1H3;9-10,12H,4-8,11,16-17H2,1-3H3/q4*+1. The zero-order valence-electron chi connectivity index (χ0n) is 51.6. The minimum absolute atomic E-state index is 0.809. The van der Waals surface area contributed by atoms with Gasteiger partial charge in [-0.3, -0.25) is 0 Å². The molecule has 0 atom stereocenters. The number of likely N-dealkylation sites (N-methyl/N-ethyl adjacent to an activating group) is 2. The van der Waals surface area contributed by atoms with Gasteiger partial charge in [-0.05, 0) is 198 Å². The first-order chi connectivity index (χ1) is 38.2. The van der Waals surface area contributed by atoms with Crippen LogP contribution in [0.15, 0.2) is 72.8 Å². The smallest absolute Gasteiger partial charge is 0.102 e. The van der Waals surface area contributed by atoms with Crippen LogP contribution in [0.5, 0.6) is 0 Å². The third-order valence-corrected chi connectivity index (χ3v) is 17.1. The monoisotopic (exact) mass is 1110 g/mol. The van der Waals surface area contributed by atoms with Crippen molar-refractivity contribution >= 4 is 45.5 Å². The number of nitrogen functional groups attached to an aromatic ring is 8. The van der Waals surface area contributed by atoms with Gasteiger partial charge in [-0.1, -0.05) is 25.7 Å². The summed E-state index contributed by atoms with van der Waals surface area (Å²) in [7, 11) is 13.9. The van der Waals surface area contributed by atoms with E-state index in [1.54, 1.807) is 0 Å². The maximum Gasteiger partial charge on any atom is 0.102 e. The minimum Gasteiger partial charge on any atom is -0.399 e. The first-order valence-electron chi connectivity index (χ1n) is 31.2. The molecular formula is C66H118N12O2+4. The van der Waals surface area contributed by atoms with E-state index in [0.717, 1.165) is 102 Å². The Labute approximate surface area is 487 Å². The van der Waals surface area contributed by atoms with Crippen molar-refractivity contribution in [1.29, 1.82) is 0 Å². The summed E-state index contributed by atoms with van der Waals surface area (Å²) in [5.41, 5.74) is 58.6. The molecule has 0 radical (unpaired) electrons. The maximum atomic E-state index is 5.98. The predicted molar refractivity (Wildman–Crippen MR) is 346 cm³/mol. The van der Waals surface area contributed by atoms with Crippen LogP contribution in [0, 0.1) is 0 Å². The van der Waals surface area contributed by atoms with Gasteiger partial charge >= 0.3 is 0 Å². The van der Waals surface area contributed by atoms with Gasteiger partial charge in [-0.25, -0.2) is 0 Å². The van der Waals surface area contributed by atoms with E-state index in [0.29, 0.717) is 0 Å². The molecule has 3 aliphatic heterocycles. The average Bonchev–Trinajstić information content (AvgIpc) is 3.86. The Morgan fingerprint density at radius 1 is 0.338 bits per heavy atom. The minimum atomic E-state index is 0.809. The van der Waals surface area contributed by atoms with Crippen LogP contribution in [0.25, 0.3) is 0 Å². The second kappa shape index (κ2) is 35.8. The van der Waals surface area contributed by atoms with Crippen LogP contribution in [0.1, 0.15) is 138 Å². The molecular weight excluding hydrogens is 993 g/mol. The summed E-state index contributed by atoms with van der Waals surface area (Å²) in [5.74, 6) is 0. The number of hydrogen-bond donors (Lipinski definition) is 8. The molecule has 0 aliphatic carbocycles. The predicted octanol–water partition coefficient (Wildman–Crippen LogP) is 10.7. The Morgan fingerprint density at radius 2 is 0.588 bits per heavy atom. The normalized spacial score (nSPS) is 16.3. The SMILES string of the molecule is C[N+](C)(C)CCCCCCc1cc(N)ccc1N.C[N+]1(CCCCCCc2cc(N)ccc2N)CCCC1.C[N+]1(CCCCCCc2cc(N)ccc2N)CCOCC1.C[N+]1(CCCCCCc2cc(N)ccc2N)CCOCC1. The van der Waals surface area contributed by atoms with Gasteiger partial charge in [-0.2, -0.15) is 0 Å². The van der Waals surface area contributed by atoms with E-state index in [-0.39, 0.29) is 0 Å². The topological polar surface area (TPSA) is 227 Å². The van der Waals surface area contributed by atoms with E-state index >= 15 is 0 Å². The summed E-state index contributed by atoms with van der Waals surface area (Å²) in [6.45, 7) is 16.3.